The van der Waals surface area contributed by atoms with Gasteiger partial charge < -0.3 is 5.32 Å². The SMILES string of the molecule is CS(=O)(=O)SCCNC(=O)CCCc1ccc2ccc3cccc4ccc1c2c34. The minimum absolute atomic E-state index is 0.0307. The van der Waals surface area contributed by atoms with Crippen LogP contribution in [0, 0.1) is 0 Å². The Labute approximate surface area is 174 Å². The van der Waals surface area contributed by atoms with Crippen LogP contribution in [-0.2, 0) is 20.1 Å². The highest BCUT2D eigenvalue weighted by molar-refractivity contribution is 8.71. The second-order valence-corrected chi connectivity index (χ2v) is 11.9. The maximum atomic E-state index is 12.0. The molecule has 0 radical (unpaired) electrons. The summed E-state index contributed by atoms with van der Waals surface area (Å²) in [6.45, 7) is 0.370. The Morgan fingerprint density at radius 2 is 1.59 bits per heavy atom. The molecule has 0 aliphatic heterocycles. The van der Waals surface area contributed by atoms with E-state index in [2.05, 4.69) is 59.9 Å². The fourth-order valence-corrected chi connectivity index (χ4v) is 5.57. The van der Waals surface area contributed by atoms with Crippen molar-refractivity contribution in [2.75, 3.05) is 18.6 Å². The van der Waals surface area contributed by atoms with Crippen molar-refractivity contribution >= 4 is 57.9 Å². The number of carbonyl (C=O) groups is 1. The second kappa shape index (κ2) is 8.20. The molecule has 0 heterocycles. The molecule has 4 aromatic rings. The summed E-state index contributed by atoms with van der Waals surface area (Å²) in [6, 6.07) is 19.5. The number of rotatable bonds is 8. The lowest BCUT2D eigenvalue weighted by atomic mass is 9.90. The maximum absolute atomic E-state index is 12.0. The van der Waals surface area contributed by atoms with Gasteiger partial charge >= 0.3 is 0 Å². The van der Waals surface area contributed by atoms with Gasteiger partial charge in [0, 0.05) is 25.0 Å². The summed E-state index contributed by atoms with van der Waals surface area (Å²) in [7, 11) is -2.19. The Morgan fingerprint density at radius 3 is 2.31 bits per heavy atom. The predicted octanol–water partition coefficient (Wildman–Crippen LogP) is 4.72. The molecule has 0 aliphatic rings. The summed E-state index contributed by atoms with van der Waals surface area (Å²) in [5.41, 5.74) is 1.26. The molecule has 0 spiro atoms. The van der Waals surface area contributed by atoms with E-state index in [0.29, 0.717) is 18.7 Å². The third kappa shape index (κ3) is 4.49. The number of hydrogen-bond acceptors (Lipinski definition) is 4. The molecule has 0 fully saturated rings. The van der Waals surface area contributed by atoms with Gasteiger partial charge in [-0.05, 0) is 61.5 Å². The van der Waals surface area contributed by atoms with E-state index in [1.54, 1.807) is 0 Å². The lowest BCUT2D eigenvalue weighted by Gasteiger charge is -2.14. The van der Waals surface area contributed by atoms with Crippen molar-refractivity contribution in [2.45, 2.75) is 19.3 Å². The first-order valence-electron chi connectivity index (χ1n) is 9.69. The van der Waals surface area contributed by atoms with Crippen LogP contribution < -0.4 is 5.32 Å². The van der Waals surface area contributed by atoms with Gasteiger partial charge in [0.2, 0.25) is 5.91 Å². The Balaban J connectivity index is 1.44. The number of carbonyl (C=O) groups excluding carboxylic acids is 1. The molecule has 1 N–H and O–H groups in total. The van der Waals surface area contributed by atoms with Gasteiger partial charge in [-0.15, -0.1) is 0 Å². The van der Waals surface area contributed by atoms with E-state index in [4.69, 9.17) is 0 Å². The molecule has 4 nitrogen and oxygen atoms in total. The van der Waals surface area contributed by atoms with Crippen molar-refractivity contribution in [2.24, 2.45) is 0 Å². The molecule has 6 heteroatoms. The minimum Gasteiger partial charge on any atom is -0.355 e. The van der Waals surface area contributed by atoms with Crippen LogP contribution in [0.3, 0.4) is 0 Å². The Hall–Kier alpha value is -2.31. The van der Waals surface area contributed by atoms with Gasteiger partial charge in [-0.1, -0.05) is 54.6 Å². The highest BCUT2D eigenvalue weighted by Crippen LogP contribution is 2.36. The molecule has 0 bridgehead atoms. The molecule has 4 rings (SSSR count). The van der Waals surface area contributed by atoms with Crippen LogP contribution in [0.4, 0.5) is 0 Å². The van der Waals surface area contributed by atoms with E-state index < -0.39 is 8.87 Å². The van der Waals surface area contributed by atoms with E-state index in [1.165, 1.54) is 44.1 Å². The largest absolute Gasteiger partial charge is 0.355 e. The highest BCUT2D eigenvalue weighted by Gasteiger charge is 2.11. The van der Waals surface area contributed by atoms with E-state index in [9.17, 15) is 13.2 Å². The van der Waals surface area contributed by atoms with Crippen LogP contribution in [0.2, 0.25) is 0 Å². The molecule has 4 aromatic carbocycles. The van der Waals surface area contributed by atoms with Crippen molar-refractivity contribution in [3.8, 4) is 0 Å². The van der Waals surface area contributed by atoms with Gasteiger partial charge in [-0.3, -0.25) is 4.79 Å². The first-order chi connectivity index (χ1) is 13.9. The fraction of sp³-hybridized carbons (Fsp3) is 0.261. The van der Waals surface area contributed by atoms with E-state index in [1.807, 2.05) is 0 Å². The summed E-state index contributed by atoms with van der Waals surface area (Å²) in [6.07, 6.45) is 3.20. The standard InChI is InChI=1S/C23H23NO3S2/c1-29(26,27)28-15-14-24-21(25)7-3-4-16-8-9-19-11-10-17-5-2-6-18-12-13-20(16)23(19)22(17)18/h2,5-6,8-13H,3-4,7,14-15H2,1H3,(H,24,25). The van der Waals surface area contributed by atoms with Gasteiger partial charge in [0.05, 0.1) is 0 Å². The molecule has 0 aliphatic carbocycles. The molecule has 0 atom stereocenters. The van der Waals surface area contributed by atoms with Crippen LogP contribution >= 0.6 is 10.8 Å². The van der Waals surface area contributed by atoms with E-state index >= 15 is 0 Å². The van der Waals surface area contributed by atoms with Gasteiger partial charge in [0.15, 0.2) is 8.87 Å². The molecule has 0 aromatic heterocycles. The summed E-state index contributed by atoms with van der Waals surface area (Å²) < 4.78 is 22.2. The van der Waals surface area contributed by atoms with Crippen molar-refractivity contribution < 1.29 is 13.2 Å². The van der Waals surface area contributed by atoms with Gasteiger partial charge in [-0.2, -0.15) is 0 Å². The molecule has 0 unspecified atom stereocenters. The normalized spacial score (nSPS) is 12.2. The third-order valence-electron chi connectivity index (χ3n) is 5.19. The van der Waals surface area contributed by atoms with Crippen LogP contribution in [0.1, 0.15) is 18.4 Å². The number of hydrogen-bond donors (Lipinski definition) is 1. The van der Waals surface area contributed by atoms with Gasteiger partial charge in [0.25, 0.3) is 0 Å². The van der Waals surface area contributed by atoms with E-state index in [-0.39, 0.29) is 5.91 Å². The van der Waals surface area contributed by atoms with Crippen LogP contribution in [0.5, 0.6) is 0 Å². The highest BCUT2D eigenvalue weighted by atomic mass is 33.1. The van der Waals surface area contributed by atoms with Crippen molar-refractivity contribution in [1.82, 2.24) is 5.32 Å². The number of nitrogens with one attached hydrogen (secondary N) is 1. The zero-order valence-electron chi connectivity index (χ0n) is 16.3. The molecular formula is C23H23NO3S2. The maximum Gasteiger partial charge on any atom is 0.220 e. The smallest absolute Gasteiger partial charge is 0.220 e. The number of amides is 1. The minimum atomic E-state index is -3.05. The van der Waals surface area contributed by atoms with Crippen LogP contribution in [0.15, 0.2) is 54.6 Å². The van der Waals surface area contributed by atoms with Crippen LogP contribution in [-0.4, -0.2) is 32.9 Å². The summed E-state index contributed by atoms with van der Waals surface area (Å²) in [5, 5.41) is 10.4. The number of aryl methyl sites for hydroxylation is 1. The summed E-state index contributed by atoms with van der Waals surface area (Å²) >= 11 is 0. The van der Waals surface area contributed by atoms with Crippen molar-refractivity contribution in [3.05, 3.63) is 60.2 Å². The zero-order chi connectivity index (χ0) is 20.4. The number of benzene rings is 4. The van der Waals surface area contributed by atoms with Crippen molar-refractivity contribution in [1.29, 1.82) is 0 Å². The Kier molecular flexibility index (Phi) is 5.65. The summed E-state index contributed by atoms with van der Waals surface area (Å²) in [4.78, 5) is 12.0. The van der Waals surface area contributed by atoms with Gasteiger partial charge in [-0.25, -0.2) is 8.42 Å². The lowest BCUT2D eigenvalue weighted by molar-refractivity contribution is -0.121. The molecule has 0 saturated carbocycles. The predicted molar refractivity (Wildman–Crippen MR) is 123 cm³/mol. The molecule has 150 valence electrons. The first kappa shape index (κ1) is 20.0. The quantitative estimate of drug-likeness (QED) is 0.252. The average molecular weight is 426 g/mol. The zero-order valence-corrected chi connectivity index (χ0v) is 17.9. The average Bonchev–Trinajstić information content (AvgIpc) is 2.69. The Morgan fingerprint density at radius 1 is 0.931 bits per heavy atom. The second-order valence-electron chi connectivity index (χ2n) is 7.31. The summed E-state index contributed by atoms with van der Waals surface area (Å²) in [5.74, 6) is 0.344. The lowest BCUT2D eigenvalue weighted by Crippen LogP contribution is -2.25. The van der Waals surface area contributed by atoms with Crippen molar-refractivity contribution in [3.63, 3.8) is 0 Å². The fourth-order valence-electron chi connectivity index (χ4n) is 3.92. The van der Waals surface area contributed by atoms with Crippen LogP contribution in [0.25, 0.3) is 32.3 Å². The Bertz CT molecular complexity index is 1270. The molecule has 0 saturated heterocycles. The van der Waals surface area contributed by atoms with E-state index in [0.717, 1.165) is 23.6 Å². The topological polar surface area (TPSA) is 63.2 Å². The molecular weight excluding hydrogens is 402 g/mol. The van der Waals surface area contributed by atoms with Gasteiger partial charge in [0.1, 0.15) is 0 Å². The molecule has 1 amide bonds. The monoisotopic (exact) mass is 425 g/mol. The third-order valence-corrected chi connectivity index (χ3v) is 7.77. The molecule has 29 heavy (non-hydrogen) atoms. The first-order valence-corrected chi connectivity index (χ1v) is 13.1.